The molecule has 5 heteroatoms. The van der Waals surface area contributed by atoms with Crippen LogP contribution < -0.4 is 0 Å². The van der Waals surface area contributed by atoms with Gasteiger partial charge >= 0.3 is 48.9 Å². The molecule has 0 spiro atoms. The third-order valence-corrected chi connectivity index (χ3v) is 3.86. The van der Waals surface area contributed by atoms with Crippen LogP contribution in [-0.4, -0.2) is 61.9 Å². The van der Waals surface area contributed by atoms with Gasteiger partial charge in [0.25, 0.3) is 10.1 Å². The minimum atomic E-state index is -4.15. The van der Waals surface area contributed by atoms with Gasteiger partial charge in [-0.15, -0.1) is 0 Å². The van der Waals surface area contributed by atoms with Gasteiger partial charge in [-0.25, -0.2) is 0 Å². The zero-order chi connectivity index (χ0) is 12.8. The van der Waals surface area contributed by atoms with Gasteiger partial charge in [0, 0.05) is 0 Å². The van der Waals surface area contributed by atoms with Gasteiger partial charge in [-0.05, 0) is 33.7 Å². The average Bonchev–Trinajstić information content (AvgIpc) is 2.37. The molecule has 3 aromatic carbocycles. The third kappa shape index (κ3) is 2.90. The zero-order valence-electron chi connectivity index (χ0n) is 12.1. The van der Waals surface area contributed by atoms with E-state index in [4.69, 9.17) is 4.55 Å². The molecule has 0 radical (unpaired) electrons. The van der Waals surface area contributed by atoms with Crippen LogP contribution in [0, 0.1) is 0 Å². The topological polar surface area (TPSA) is 54.4 Å². The Morgan fingerprint density at radius 3 is 2.21 bits per heavy atom. The summed E-state index contributed by atoms with van der Waals surface area (Å²) in [5.74, 6) is 0. The van der Waals surface area contributed by atoms with Gasteiger partial charge in [0.05, 0.1) is 4.90 Å². The van der Waals surface area contributed by atoms with Gasteiger partial charge in [-0.1, -0.05) is 42.5 Å². The number of benzene rings is 3. The summed E-state index contributed by atoms with van der Waals surface area (Å²) in [7, 11) is -4.15. The fourth-order valence-corrected chi connectivity index (χ4v) is 2.67. The molecule has 0 unspecified atom stereocenters. The van der Waals surface area contributed by atoms with Crippen molar-refractivity contribution >= 4 is 80.5 Å². The molecule has 3 rings (SSSR count). The largest absolute Gasteiger partial charge is 2.00 e. The van der Waals surface area contributed by atoms with Crippen LogP contribution in [0.1, 0.15) is 2.85 Å². The van der Waals surface area contributed by atoms with Crippen molar-refractivity contribution in [2.45, 2.75) is 4.90 Å². The average molecular weight is 398 g/mol. The summed E-state index contributed by atoms with van der Waals surface area (Å²) in [6.07, 6.45) is 0. The van der Waals surface area contributed by atoms with E-state index >= 15 is 0 Å². The summed E-state index contributed by atoms with van der Waals surface area (Å²) >= 11 is 0. The third-order valence-electron chi connectivity index (χ3n) is 3.01. The molecule has 0 fully saturated rings. The van der Waals surface area contributed by atoms with E-state index in [1.54, 1.807) is 6.07 Å². The minimum Gasteiger partial charge on any atom is -1.00 e. The van der Waals surface area contributed by atoms with Crippen LogP contribution in [0.4, 0.5) is 0 Å². The fourth-order valence-electron chi connectivity index (χ4n) is 2.15. The summed E-state index contributed by atoms with van der Waals surface area (Å²) < 4.78 is 31.2. The van der Waals surface area contributed by atoms with Gasteiger partial charge in [0.2, 0.25) is 0 Å². The molecule has 0 aliphatic heterocycles. The van der Waals surface area contributed by atoms with Crippen LogP contribution in [0.5, 0.6) is 0 Å². The van der Waals surface area contributed by atoms with Crippen molar-refractivity contribution in [2.24, 2.45) is 0 Å². The number of rotatable bonds is 1. The minimum absolute atomic E-state index is 0. The molecule has 0 atom stereocenters. The number of hydrogen-bond donors (Lipinski definition) is 1. The summed E-state index contributed by atoms with van der Waals surface area (Å²) in [5, 5.41) is 3.94. The second kappa shape index (κ2) is 5.57. The number of fused-ring (bicyclic) bond motifs is 3. The Kier molecular flexibility index (Phi) is 4.42. The van der Waals surface area contributed by atoms with Gasteiger partial charge in [-0.2, -0.15) is 8.42 Å². The molecular formula is C14H12BaO3S. The molecule has 0 saturated heterocycles. The number of hydrogen-bond acceptors (Lipinski definition) is 2. The van der Waals surface area contributed by atoms with Crippen LogP contribution in [0.2, 0.25) is 0 Å². The molecule has 0 saturated carbocycles. The Morgan fingerprint density at radius 1 is 0.842 bits per heavy atom. The molecule has 1 N–H and O–H groups in total. The van der Waals surface area contributed by atoms with E-state index in [0.717, 1.165) is 21.5 Å². The van der Waals surface area contributed by atoms with E-state index in [-0.39, 0.29) is 56.6 Å². The first kappa shape index (κ1) is 15.1. The van der Waals surface area contributed by atoms with Crippen LogP contribution in [0.15, 0.2) is 59.5 Å². The van der Waals surface area contributed by atoms with Gasteiger partial charge in [0.1, 0.15) is 0 Å². The molecule has 0 aliphatic carbocycles. The molecule has 19 heavy (non-hydrogen) atoms. The second-order valence-corrected chi connectivity index (χ2v) is 5.57. The van der Waals surface area contributed by atoms with E-state index in [1.165, 1.54) is 12.1 Å². The van der Waals surface area contributed by atoms with Crippen molar-refractivity contribution in [1.82, 2.24) is 0 Å². The molecular weight excluding hydrogens is 386 g/mol. The quantitative estimate of drug-likeness (QED) is 0.390. The van der Waals surface area contributed by atoms with E-state index in [2.05, 4.69) is 0 Å². The molecule has 0 heterocycles. The van der Waals surface area contributed by atoms with Crippen molar-refractivity contribution in [3.8, 4) is 0 Å². The van der Waals surface area contributed by atoms with Crippen molar-refractivity contribution in [3.05, 3.63) is 54.6 Å². The molecule has 3 aromatic rings. The Hall–Kier alpha value is -0.339. The van der Waals surface area contributed by atoms with Crippen LogP contribution in [0.3, 0.4) is 0 Å². The SMILES string of the molecule is O=S(=O)(O)c1ccc2c(ccc3ccccc32)c1.[Ba+2].[H-].[H-]. The first-order valence-corrected chi connectivity index (χ1v) is 6.89. The molecule has 3 nitrogen and oxygen atoms in total. The van der Waals surface area contributed by atoms with Crippen molar-refractivity contribution < 1.29 is 15.8 Å². The van der Waals surface area contributed by atoms with Crippen LogP contribution in [0.25, 0.3) is 21.5 Å². The fraction of sp³-hybridized carbons (Fsp3) is 0. The van der Waals surface area contributed by atoms with Crippen LogP contribution in [-0.2, 0) is 10.1 Å². The predicted octanol–water partition coefficient (Wildman–Crippen LogP) is 3.08. The van der Waals surface area contributed by atoms with Gasteiger partial charge in [-0.3, -0.25) is 4.55 Å². The van der Waals surface area contributed by atoms with Crippen molar-refractivity contribution in [2.75, 3.05) is 0 Å². The van der Waals surface area contributed by atoms with E-state index in [0.29, 0.717) is 0 Å². The monoisotopic (exact) mass is 398 g/mol. The van der Waals surface area contributed by atoms with Crippen molar-refractivity contribution in [1.29, 1.82) is 0 Å². The first-order valence-electron chi connectivity index (χ1n) is 5.45. The Bertz CT molecular complexity index is 866. The molecule has 94 valence electrons. The summed E-state index contributed by atoms with van der Waals surface area (Å²) in [6, 6.07) is 16.3. The summed E-state index contributed by atoms with van der Waals surface area (Å²) in [5.41, 5.74) is 0. The maximum absolute atomic E-state index is 11.1. The van der Waals surface area contributed by atoms with E-state index < -0.39 is 10.1 Å². The van der Waals surface area contributed by atoms with E-state index in [9.17, 15) is 8.42 Å². The standard InChI is InChI=1S/C14H10O3S.Ba.2H/c15-18(16,17)12-7-8-14-11(9-12)6-5-10-3-1-2-4-13(10)14;;;/h1-9H,(H,15,16,17);;;/q;+2;2*-1. The normalized spacial score (nSPS) is 11.4. The van der Waals surface area contributed by atoms with Crippen molar-refractivity contribution in [3.63, 3.8) is 0 Å². The second-order valence-electron chi connectivity index (χ2n) is 4.14. The molecule has 0 aliphatic rings. The van der Waals surface area contributed by atoms with Crippen LogP contribution >= 0.6 is 0 Å². The maximum Gasteiger partial charge on any atom is 2.00 e. The van der Waals surface area contributed by atoms with Gasteiger partial charge in [0.15, 0.2) is 0 Å². The molecule has 0 amide bonds. The molecule has 0 aromatic heterocycles. The smallest absolute Gasteiger partial charge is 1.00 e. The predicted molar refractivity (Wildman–Crippen MR) is 79.2 cm³/mol. The van der Waals surface area contributed by atoms with Gasteiger partial charge < -0.3 is 2.85 Å². The van der Waals surface area contributed by atoms with E-state index in [1.807, 2.05) is 36.4 Å². The maximum atomic E-state index is 11.1. The Morgan fingerprint density at radius 2 is 1.47 bits per heavy atom. The Labute approximate surface area is 154 Å². The summed E-state index contributed by atoms with van der Waals surface area (Å²) in [4.78, 5) is -0.0784. The summed E-state index contributed by atoms with van der Waals surface area (Å²) in [6.45, 7) is 0. The zero-order valence-corrected chi connectivity index (χ0v) is 15.3. The first-order chi connectivity index (χ1) is 8.55. The molecule has 0 bridgehead atoms. The Balaban J connectivity index is 0.00000133.